The molecule has 0 radical (unpaired) electrons. The van der Waals surface area contributed by atoms with Gasteiger partial charge in [0.2, 0.25) is 0 Å². The van der Waals surface area contributed by atoms with E-state index in [2.05, 4.69) is 0 Å². The average molecular weight is 327 g/mol. The molecule has 0 unspecified atom stereocenters. The Bertz CT molecular complexity index is 1020. The number of hydrogen-bond donors (Lipinski definition) is 0. The van der Waals surface area contributed by atoms with Crippen molar-refractivity contribution in [3.05, 3.63) is 70.3 Å². The zero-order chi connectivity index (χ0) is 17.0. The minimum atomic E-state index is -1.67. The molecule has 0 aliphatic heterocycles. The van der Waals surface area contributed by atoms with Gasteiger partial charge in [-0.25, -0.2) is 17.6 Å². The SMILES string of the molecule is N#Cc1c(F)c(F)c(-c2ccc3c4c(cccc24)CC3)c(F)c1F. The topological polar surface area (TPSA) is 23.8 Å². The summed E-state index contributed by atoms with van der Waals surface area (Å²) in [4.78, 5) is 0. The van der Waals surface area contributed by atoms with Crippen LogP contribution in [-0.4, -0.2) is 0 Å². The lowest BCUT2D eigenvalue weighted by atomic mass is 9.93. The van der Waals surface area contributed by atoms with Crippen LogP contribution in [0.25, 0.3) is 21.9 Å². The van der Waals surface area contributed by atoms with Crippen molar-refractivity contribution in [1.82, 2.24) is 0 Å². The lowest BCUT2D eigenvalue weighted by molar-refractivity contribution is 0.454. The predicted octanol–water partition coefficient (Wildman–Crippen LogP) is 5.03. The van der Waals surface area contributed by atoms with Crippen LogP contribution in [-0.2, 0) is 12.8 Å². The summed E-state index contributed by atoms with van der Waals surface area (Å²) in [5.74, 6) is -6.45. The molecule has 1 aliphatic carbocycles. The van der Waals surface area contributed by atoms with Gasteiger partial charge >= 0.3 is 0 Å². The molecule has 0 saturated carbocycles. The molecule has 0 aromatic heterocycles. The Labute approximate surface area is 134 Å². The van der Waals surface area contributed by atoms with Crippen LogP contribution >= 0.6 is 0 Å². The van der Waals surface area contributed by atoms with E-state index < -0.39 is 34.4 Å². The molecule has 5 heteroatoms. The van der Waals surface area contributed by atoms with Crippen molar-refractivity contribution in [1.29, 1.82) is 5.26 Å². The van der Waals surface area contributed by atoms with Crippen LogP contribution in [0.1, 0.15) is 16.7 Å². The number of benzene rings is 3. The summed E-state index contributed by atoms with van der Waals surface area (Å²) in [5, 5.41) is 10.1. The van der Waals surface area contributed by atoms with Crippen molar-refractivity contribution in [2.45, 2.75) is 12.8 Å². The molecule has 3 aromatic carbocycles. The predicted molar refractivity (Wildman–Crippen MR) is 81.3 cm³/mol. The fourth-order valence-electron chi connectivity index (χ4n) is 3.43. The molecule has 1 aliphatic rings. The highest BCUT2D eigenvalue weighted by atomic mass is 19.2. The molecular formula is C19H9F4N. The Morgan fingerprint density at radius 3 is 2.04 bits per heavy atom. The summed E-state index contributed by atoms with van der Waals surface area (Å²) < 4.78 is 56.7. The molecule has 118 valence electrons. The molecule has 0 heterocycles. The number of nitriles is 1. The molecule has 0 bridgehead atoms. The summed E-state index contributed by atoms with van der Waals surface area (Å²) in [6.07, 6.45) is 1.63. The fraction of sp³-hybridized carbons (Fsp3) is 0.105. The van der Waals surface area contributed by atoms with Crippen molar-refractivity contribution in [2.75, 3.05) is 0 Å². The Morgan fingerprint density at radius 2 is 1.42 bits per heavy atom. The van der Waals surface area contributed by atoms with Gasteiger partial charge in [0.05, 0.1) is 5.56 Å². The number of rotatable bonds is 1. The second kappa shape index (κ2) is 5.07. The van der Waals surface area contributed by atoms with Gasteiger partial charge in [0, 0.05) is 0 Å². The molecule has 0 spiro atoms. The standard InChI is InChI=1S/C19H9F4N/c20-16-13(8-24)17(21)19(23)15(18(16)22)12-7-6-10-5-4-9-2-1-3-11(12)14(9)10/h1-3,6-7H,4-5H2. The number of hydrogen-bond acceptors (Lipinski definition) is 1. The minimum absolute atomic E-state index is 0.0785. The Hall–Kier alpha value is -2.87. The summed E-state index contributed by atoms with van der Waals surface area (Å²) in [7, 11) is 0. The van der Waals surface area contributed by atoms with Gasteiger partial charge in [0.1, 0.15) is 11.6 Å². The number of halogens is 4. The van der Waals surface area contributed by atoms with Crippen LogP contribution in [0.5, 0.6) is 0 Å². The van der Waals surface area contributed by atoms with Crippen LogP contribution in [0, 0.1) is 34.6 Å². The molecule has 0 atom stereocenters. The van der Waals surface area contributed by atoms with E-state index in [1.54, 1.807) is 18.2 Å². The van der Waals surface area contributed by atoms with Crippen LogP contribution < -0.4 is 0 Å². The number of nitrogens with zero attached hydrogens (tertiary/aromatic N) is 1. The molecular weight excluding hydrogens is 318 g/mol. The van der Waals surface area contributed by atoms with Crippen molar-refractivity contribution >= 4 is 10.8 Å². The molecule has 0 fully saturated rings. The molecule has 0 amide bonds. The lowest BCUT2D eigenvalue weighted by Crippen LogP contribution is -2.04. The van der Waals surface area contributed by atoms with Gasteiger partial charge in [0.25, 0.3) is 0 Å². The largest absolute Gasteiger partial charge is 0.203 e. The summed E-state index contributed by atoms with van der Waals surface area (Å²) in [5.41, 5.74) is 0.133. The maximum Gasteiger partial charge on any atom is 0.180 e. The van der Waals surface area contributed by atoms with Crippen LogP contribution in [0.3, 0.4) is 0 Å². The van der Waals surface area contributed by atoms with Gasteiger partial charge < -0.3 is 0 Å². The molecule has 4 rings (SSSR count). The van der Waals surface area contributed by atoms with Gasteiger partial charge in [-0.2, -0.15) is 5.26 Å². The maximum absolute atomic E-state index is 14.4. The second-order valence-corrected chi connectivity index (χ2v) is 5.73. The number of aryl methyl sites for hydroxylation is 2. The van der Waals surface area contributed by atoms with E-state index in [4.69, 9.17) is 5.26 Å². The first-order valence-corrected chi connectivity index (χ1v) is 7.34. The highest BCUT2D eigenvalue weighted by Crippen LogP contribution is 2.40. The third kappa shape index (κ3) is 1.80. The zero-order valence-corrected chi connectivity index (χ0v) is 12.3. The minimum Gasteiger partial charge on any atom is -0.203 e. The van der Waals surface area contributed by atoms with E-state index in [1.165, 1.54) is 6.07 Å². The van der Waals surface area contributed by atoms with Gasteiger partial charge in [-0.3, -0.25) is 0 Å². The van der Waals surface area contributed by atoms with Crippen LogP contribution in [0.15, 0.2) is 30.3 Å². The van der Waals surface area contributed by atoms with Crippen molar-refractivity contribution in [3.63, 3.8) is 0 Å². The van der Waals surface area contributed by atoms with E-state index in [9.17, 15) is 17.6 Å². The smallest absolute Gasteiger partial charge is 0.180 e. The molecule has 24 heavy (non-hydrogen) atoms. The molecule has 0 saturated heterocycles. The molecule has 1 nitrogen and oxygen atoms in total. The molecule has 3 aromatic rings. The van der Waals surface area contributed by atoms with E-state index in [0.29, 0.717) is 5.39 Å². The monoisotopic (exact) mass is 327 g/mol. The van der Waals surface area contributed by atoms with Gasteiger partial charge in [-0.05, 0) is 40.3 Å². The lowest BCUT2D eigenvalue weighted by Gasteiger charge is -2.13. The highest BCUT2D eigenvalue weighted by Gasteiger charge is 2.28. The molecule has 0 N–H and O–H groups in total. The Kier molecular flexibility index (Phi) is 3.10. The van der Waals surface area contributed by atoms with Gasteiger partial charge in [-0.1, -0.05) is 30.3 Å². The van der Waals surface area contributed by atoms with Crippen molar-refractivity contribution < 1.29 is 17.6 Å². The average Bonchev–Trinajstić information content (AvgIpc) is 3.01. The van der Waals surface area contributed by atoms with E-state index >= 15 is 0 Å². The van der Waals surface area contributed by atoms with Gasteiger partial charge in [-0.15, -0.1) is 0 Å². The van der Waals surface area contributed by atoms with Gasteiger partial charge in [0.15, 0.2) is 23.3 Å². The first kappa shape index (κ1) is 14.7. The van der Waals surface area contributed by atoms with E-state index in [1.807, 2.05) is 6.07 Å². The fourth-order valence-corrected chi connectivity index (χ4v) is 3.43. The quantitative estimate of drug-likeness (QED) is 0.454. The second-order valence-electron chi connectivity index (χ2n) is 5.73. The maximum atomic E-state index is 14.4. The summed E-state index contributed by atoms with van der Waals surface area (Å²) in [6.45, 7) is 0. The van der Waals surface area contributed by atoms with Crippen LogP contribution in [0.2, 0.25) is 0 Å². The van der Waals surface area contributed by atoms with Crippen LogP contribution in [0.4, 0.5) is 17.6 Å². The Morgan fingerprint density at radius 1 is 0.792 bits per heavy atom. The van der Waals surface area contributed by atoms with E-state index in [0.717, 1.165) is 35.4 Å². The van der Waals surface area contributed by atoms with Crippen molar-refractivity contribution in [3.8, 4) is 17.2 Å². The Balaban J connectivity index is 2.13. The first-order valence-electron chi connectivity index (χ1n) is 7.34. The third-order valence-corrected chi connectivity index (χ3v) is 4.52. The summed E-state index contributed by atoms with van der Waals surface area (Å²) in [6, 6.07) is 9.71. The summed E-state index contributed by atoms with van der Waals surface area (Å²) >= 11 is 0. The highest BCUT2D eigenvalue weighted by molar-refractivity contribution is 6.01. The first-order chi connectivity index (χ1) is 11.5. The normalized spacial score (nSPS) is 12.6. The zero-order valence-electron chi connectivity index (χ0n) is 12.3. The van der Waals surface area contributed by atoms with Crippen molar-refractivity contribution in [2.24, 2.45) is 0 Å². The third-order valence-electron chi connectivity index (χ3n) is 4.52. The van der Waals surface area contributed by atoms with E-state index in [-0.39, 0.29) is 5.56 Å².